The first-order valence-corrected chi connectivity index (χ1v) is 7.18. The molecule has 1 aromatic carbocycles. The predicted molar refractivity (Wildman–Crippen MR) is 80.6 cm³/mol. The highest BCUT2D eigenvalue weighted by molar-refractivity contribution is 5.86. The van der Waals surface area contributed by atoms with Crippen molar-refractivity contribution in [2.24, 2.45) is 5.10 Å². The highest BCUT2D eigenvalue weighted by Crippen LogP contribution is 2.23. The molecule has 118 valence electrons. The number of aromatic hydroxyl groups is 2. The fourth-order valence-electron chi connectivity index (χ4n) is 2.21. The summed E-state index contributed by atoms with van der Waals surface area (Å²) in [6.07, 6.45) is 4.63. The average molecular weight is 305 g/mol. The molecule has 0 spiro atoms. The van der Waals surface area contributed by atoms with Crippen LogP contribution in [0.15, 0.2) is 23.3 Å². The van der Waals surface area contributed by atoms with Gasteiger partial charge in [0.25, 0.3) is 5.91 Å². The third-order valence-electron chi connectivity index (χ3n) is 3.41. The van der Waals surface area contributed by atoms with Crippen molar-refractivity contribution in [1.82, 2.24) is 10.3 Å². The predicted octanol–water partition coefficient (Wildman–Crippen LogP) is 0.950. The summed E-state index contributed by atoms with van der Waals surface area (Å²) >= 11 is 0. The summed E-state index contributed by atoms with van der Waals surface area (Å²) in [4.78, 5) is 25.1. The molecule has 3 N–H and O–H groups in total. The molecule has 0 saturated carbocycles. The number of hydrazone groups is 1. The summed E-state index contributed by atoms with van der Waals surface area (Å²) in [5.41, 5.74) is 2.88. The molecule has 0 unspecified atom stereocenters. The fraction of sp³-hybridized carbons (Fsp3) is 0.400. The van der Waals surface area contributed by atoms with E-state index >= 15 is 0 Å². The first-order valence-electron chi connectivity index (χ1n) is 7.18. The van der Waals surface area contributed by atoms with Gasteiger partial charge in [-0.2, -0.15) is 5.10 Å². The molecule has 0 aromatic heterocycles. The Bertz CT molecular complexity index is 586. The average Bonchev–Trinajstić information content (AvgIpc) is 2.68. The molecule has 1 aliphatic rings. The van der Waals surface area contributed by atoms with Crippen molar-refractivity contribution < 1.29 is 19.8 Å². The molecule has 7 nitrogen and oxygen atoms in total. The van der Waals surface area contributed by atoms with E-state index in [4.69, 9.17) is 0 Å². The summed E-state index contributed by atoms with van der Waals surface area (Å²) in [6, 6.07) is 4.20. The maximum absolute atomic E-state index is 11.8. The van der Waals surface area contributed by atoms with Gasteiger partial charge in [0.1, 0.15) is 6.54 Å². The highest BCUT2D eigenvalue weighted by Gasteiger charge is 2.18. The third kappa shape index (κ3) is 4.47. The second-order valence-electron chi connectivity index (χ2n) is 5.17. The van der Waals surface area contributed by atoms with Gasteiger partial charge in [0.2, 0.25) is 5.91 Å². The Morgan fingerprint density at radius 1 is 1.27 bits per heavy atom. The monoisotopic (exact) mass is 305 g/mol. The van der Waals surface area contributed by atoms with Crippen molar-refractivity contribution in [1.29, 1.82) is 0 Å². The number of hydrogen-bond donors (Lipinski definition) is 3. The number of phenolic OH excluding ortho intramolecular Hbond substituents is 2. The number of carbonyl (C=O) groups is 2. The Kier molecular flexibility index (Phi) is 5.35. The van der Waals surface area contributed by atoms with Crippen LogP contribution in [0.1, 0.15) is 31.2 Å². The summed E-state index contributed by atoms with van der Waals surface area (Å²) in [6.45, 7) is 0.596. The number of hydrogen-bond acceptors (Lipinski definition) is 5. The molecule has 0 radical (unpaired) electrons. The van der Waals surface area contributed by atoms with Crippen LogP contribution in [0, 0.1) is 0 Å². The zero-order chi connectivity index (χ0) is 15.9. The number of nitrogens with zero attached hydrogens (tertiary/aromatic N) is 2. The van der Waals surface area contributed by atoms with Crippen molar-refractivity contribution in [2.45, 2.75) is 25.7 Å². The zero-order valence-corrected chi connectivity index (χ0v) is 12.2. The maximum Gasteiger partial charge on any atom is 0.259 e. The van der Waals surface area contributed by atoms with E-state index in [1.807, 2.05) is 0 Å². The van der Waals surface area contributed by atoms with E-state index < -0.39 is 0 Å². The Balaban J connectivity index is 1.85. The van der Waals surface area contributed by atoms with Gasteiger partial charge in [0, 0.05) is 13.0 Å². The van der Waals surface area contributed by atoms with E-state index in [1.54, 1.807) is 11.0 Å². The van der Waals surface area contributed by atoms with Gasteiger partial charge in [-0.3, -0.25) is 9.59 Å². The topological polar surface area (TPSA) is 102 Å². The summed E-state index contributed by atoms with van der Waals surface area (Å²) in [5.74, 6) is -0.846. The van der Waals surface area contributed by atoms with Crippen molar-refractivity contribution in [3.05, 3.63) is 23.8 Å². The van der Waals surface area contributed by atoms with Crippen LogP contribution in [-0.4, -0.2) is 46.2 Å². The first-order chi connectivity index (χ1) is 10.6. The number of phenols is 2. The van der Waals surface area contributed by atoms with Crippen LogP contribution in [0.4, 0.5) is 0 Å². The lowest BCUT2D eigenvalue weighted by atomic mass is 10.2. The fourth-order valence-corrected chi connectivity index (χ4v) is 2.21. The van der Waals surface area contributed by atoms with E-state index in [0.717, 1.165) is 19.3 Å². The molecule has 1 aliphatic heterocycles. The Morgan fingerprint density at radius 2 is 2.09 bits per heavy atom. The van der Waals surface area contributed by atoms with Crippen molar-refractivity contribution in [3.63, 3.8) is 0 Å². The summed E-state index contributed by atoms with van der Waals surface area (Å²) in [7, 11) is 0. The molecule has 0 aliphatic carbocycles. The molecule has 1 saturated heterocycles. The summed E-state index contributed by atoms with van der Waals surface area (Å²) in [5, 5.41) is 22.3. The van der Waals surface area contributed by atoms with Crippen LogP contribution in [0.3, 0.4) is 0 Å². The lowest BCUT2D eigenvalue weighted by Crippen LogP contribution is -2.39. The molecule has 1 aromatic rings. The molecule has 1 heterocycles. The lowest BCUT2D eigenvalue weighted by Gasteiger charge is -2.18. The molecule has 22 heavy (non-hydrogen) atoms. The van der Waals surface area contributed by atoms with E-state index in [0.29, 0.717) is 18.5 Å². The molecule has 2 amide bonds. The number of rotatable bonds is 4. The van der Waals surface area contributed by atoms with Gasteiger partial charge in [-0.05, 0) is 36.6 Å². The second-order valence-corrected chi connectivity index (χ2v) is 5.17. The van der Waals surface area contributed by atoms with E-state index in [1.165, 1.54) is 18.3 Å². The van der Waals surface area contributed by atoms with E-state index in [-0.39, 0.29) is 29.9 Å². The zero-order valence-electron chi connectivity index (χ0n) is 12.2. The Hall–Kier alpha value is -2.57. The number of nitrogens with one attached hydrogen (secondary N) is 1. The molecule has 0 bridgehead atoms. The largest absolute Gasteiger partial charge is 0.504 e. The second kappa shape index (κ2) is 7.44. The number of likely N-dealkylation sites (tertiary alicyclic amines) is 1. The molecule has 1 fully saturated rings. The van der Waals surface area contributed by atoms with Crippen LogP contribution in [0.2, 0.25) is 0 Å². The quantitative estimate of drug-likeness (QED) is 0.438. The SMILES string of the molecule is O=C(CN1CCCCCC1=O)N/N=C/c1ccc(O)c(O)c1. The number of amides is 2. The van der Waals surface area contributed by atoms with Crippen molar-refractivity contribution in [2.75, 3.05) is 13.1 Å². The van der Waals surface area contributed by atoms with Crippen LogP contribution in [-0.2, 0) is 9.59 Å². The molecular formula is C15H19N3O4. The maximum atomic E-state index is 11.8. The van der Waals surface area contributed by atoms with Gasteiger partial charge in [-0.25, -0.2) is 5.43 Å². The normalized spacial score (nSPS) is 15.8. The molecule has 7 heteroatoms. The Morgan fingerprint density at radius 3 is 2.86 bits per heavy atom. The molecular weight excluding hydrogens is 286 g/mol. The van der Waals surface area contributed by atoms with Gasteiger partial charge in [-0.15, -0.1) is 0 Å². The number of carbonyl (C=O) groups excluding carboxylic acids is 2. The molecule has 0 atom stereocenters. The van der Waals surface area contributed by atoms with Crippen LogP contribution < -0.4 is 5.43 Å². The molecule has 2 rings (SSSR count). The van der Waals surface area contributed by atoms with Gasteiger partial charge in [0.15, 0.2) is 11.5 Å². The minimum absolute atomic E-state index is 0.0000801. The van der Waals surface area contributed by atoms with Crippen LogP contribution >= 0.6 is 0 Å². The summed E-state index contributed by atoms with van der Waals surface area (Å²) < 4.78 is 0. The number of benzene rings is 1. The van der Waals surface area contributed by atoms with Crippen LogP contribution in [0.5, 0.6) is 11.5 Å². The van der Waals surface area contributed by atoms with Gasteiger partial charge < -0.3 is 15.1 Å². The smallest absolute Gasteiger partial charge is 0.259 e. The first kappa shape index (κ1) is 15.8. The minimum atomic E-state index is -0.366. The Labute approximate surface area is 128 Å². The lowest BCUT2D eigenvalue weighted by molar-refractivity contribution is -0.135. The van der Waals surface area contributed by atoms with Crippen molar-refractivity contribution in [3.8, 4) is 11.5 Å². The van der Waals surface area contributed by atoms with E-state index in [9.17, 15) is 19.8 Å². The van der Waals surface area contributed by atoms with Crippen molar-refractivity contribution >= 4 is 18.0 Å². The standard InChI is InChI=1S/C15H19N3O4/c19-12-6-5-11(8-13(12)20)9-16-17-14(21)10-18-7-3-1-2-4-15(18)22/h5-6,8-9,19-20H,1-4,7,10H2,(H,17,21)/b16-9+. The third-order valence-corrected chi connectivity index (χ3v) is 3.41. The van der Waals surface area contributed by atoms with Crippen LogP contribution in [0.25, 0.3) is 0 Å². The van der Waals surface area contributed by atoms with Gasteiger partial charge in [-0.1, -0.05) is 6.42 Å². The van der Waals surface area contributed by atoms with E-state index in [2.05, 4.69) is 10.5 Å². The van der Waals surface area contributed by atoms with Gasteiger partial charge >= 0.3 is 0 Å². The minimum Gasteiger partial charge on any atom is -0.504 e. The van der Waals surface area contributed by atoms with Gasteiger partial charge in [0.05, 0.1) is 6.21 Å². The highest BCUT2D eigenvalue weighted by atomic mass is 16.3.